The molecule has 0 aliphatic carbocycles. The topological polar surface area (TPSA) is 102 Å². The lowest BCUT2D eigenvalue weighted by atomic mass is 10.1. The molecule has 0 spiro atoms. The average Bonchev–Trinajstić information content (AvgIpc) is 3.06. The third-order valence-corrected chi connectivity index (χ3v) is 4.30. The smallest absolute Gasteiger partial charge is 0.262 e. The second-order valence-corrected chi connectivity index (χ2v) is 6.40. The first-order chi connectivity index (χ1) is 12.9. The number of aryl methyl sites for hydroxylation is 1. The molecule has 1 aliphatic heterocycles. The van der Waals surface area contributed by atoms with E-state index in [0.29, 0.717) is 12.1 Å². The number of carbonyl (C=O) groups excluding carboxylic acids is 3. The van der Waals surface area contributed by atoms with Crippen molar-refractivity contribution < 1.29 is 19.1 Å². The van der Waals surface area contributed by atoms with Gasteiger partial charge in [0.05, 0.1) is 5.56 Å². The van der Waals surface area contributed by atoms with Crippen LogP contribution in [0.5, 0.6) is 5.75 Å². The summed E-state index contributed by atoms with van der Waals surface area (Å²) in [7, 11) is 0. The Labute approximate surface area is 157 Å². The molecule has 0 saturated carbocycles. The van der Waals surface area contributed by atoms with Gasteiger partial charge in [0, 0.05) is 24.3 Å². The summed E-state index contributed by atoms with van der Waals surface area (Å²) < 4.78 is 5.47. The summed E-state index contributed by atoms with van der Waals surface area (Å²) in [5.74, 6) is -0.585. The summed E-state index contributed by atoms with van der Waals surface area (Å²) in [4.78, 5) is 37.1. The summed E-state index contributed by atoms with van der Waals surface area (Å²) in [6, 6.07) is 12.1. The van der Waals surface area contributed by atoms with Crippen LogP contribution in [0.3, 0.4) is 0 Å². The number of anilines is 2. The van der Waals surface area contributed by atoms with Gasteiger partial charge in [0.2, 0.25) is 5.91 Å². The highest BCUT2D eigenvalue weighted by Crippen LogP contribution is 2.23. The molecular formula is C20H21N3O4. The van der Waals surface area contributed by atoms with Crippen LogP contribution in [0.2, 0.25) is 0 Å². The van der Waals surface area contributed by atoms with Crippen LogP contribution in [-0.4, -0.2) is 30.9 Å². The third-order valence-electron chi connectivity index (χ3n) is 4.30. The molecule has 1 heterocycles. The van der Waals surface area contributed by atoms with Crippen LogP contribution in [0.4, 0.5) is 11.4 Å². The molecule has 2 aromatic rings. The van der Waals surface area contributed by atoms with Crippen molar-refractivity contribution in [2.24, 2.45) is 5.73 Å². The number of benzene rings is 2. The second-order valence-electron chi connectivity index (χ2n) is 6.40. The van der Waals surface area contributed by atoms with Crippen LogP contribution < -0.4 is 20.7 Å². The number of nitrogens with one attached hydrogen (secondary N) is 1. The predicted molar refractivity (Wildman–Crippen MR) is 102 cm³/mol. The van der Waals surface area contributed by atoms with E-state index in [-0.39, 0.29) is 29.7 Å². The Morgan fingerprint density at radius 3 is 2.56 bits per heavy atom. The summed E-state index contributed by atoms with van der Waals surface area (Å²) in [5.41, 5.74) is 7.86. The van der Waals surface area contributed by atoms with Gasteiger partial charge < -0.3 is 20.7 Å². The Morgan fingerprint density at radius 2 is 1.93 bits per heavy atom. The highest BCUT2D eigenvalue weighted by molar-refractivity contribution is 5.97. The first kappa shape index (κ1) is 18.4. The van der Waals surface area contributed by atoms with Crippen molar-refractivity contribution in [1.82, 2.24) is 0 Å². The van der Waals surface area contributed by atoms with Gasteiger partial charge >= 0.3 is 0 Å². The van der Waals surface area contributed by atoms with Crippen LogP contribution in [-0.2, 0) is 9.59 Å². The SMILES string of the molecule is Cc1ccc(C(N)=O)c(OCC(=O)Nc2ccc(N3CCCC3=O)cc2)c1. The van der Waals surface area contributed by atoms with Gasteiger partial charge in [0.25, 0.3) is 11.8 Å². The standard InChI is InChI=1S/C20H21N3O4/c1-13-4-9-16(20(21)26)17(11-13)27-12-18(24)22-14-5-7-15(8-6-14)23-10-2-3-19(23)25/h4-9,11H,2-3,10,12H2,1H3,(H2,21,26)(H,22,24). The van der Waals surface area contributed by atoms with Crippen molar-refractivity contribution in [2.45, 2.75) is 19.8 Å². The van der Waals surface area contributed by atoms with Gasteiger partial charge in [-0.2, -0.15) is 0 Å². The van der Waals surface area contributed by atoms with Gasteiger partial charge in [-0.3, -0.25) is 14.4 Å². The first-order valence-corrected chi connectivity index (χ1v) is 8.67. The number of carbonyl (C=O) groups is 3. The Morgan fingerprint density at radius 1 is 1.19 bits per heavy atom. The summed E-state index contributed by atoms with van der Waals surface area (Å²) in [5, 5.41) is 2.72. The van der Waals surface area contributed by atoms with E-state index >= 15 is 0 Å². The van der Waals surface area contributed by atoms with Gasteiger partial charge in [-0.05, 0) is 55.3 Å². The highest BCUT2D eigenvalue weighted by atomic mass is 16.5. The lowest BCUT2D eigenvalue weighted by Crippen LogP contribution is -2.24. The van der Waals surface area contributed by atoms with Crippen molar-refractivity contribution in [3.05, 3.63) is 53.6 Å². The minimum absolute atomic E-state index is 0.114. The van der Waals surface area contributed by atoms with Crippen LogP contribution in [0, 0.1) is 6.92 Å². The number of hydrogen-bond acceptors (Lipinski definition) is 4. The summed E-state index contributed by atoms with van der Waals surface area (Å²) in [6.07, 6.45) is 1.43. The van der Waals surface area contributed by atoms with E-state index in [1.165, 1.54) is 0 Å². The molecule has 140 valence electrons. The number of nitrogens with two attached hydrogens (primary N) is 1. The van der Waals surface area contributed by atoms with E-state index in [4.69, 9.17) is 10.5 Å². The quantitative estimate of drug-likeness (QED) is 0.817. The Hall–Kier alpha value is -3.35. The molecule has 1 aliphatic rings. The maximum Gasteiger partial charge on any atom is 0.262 e. The number of nitrogens with zero attached hydrogens (tertiary/aromatic N) is 1. The minimum atomic E-state index is -0.613. The van der Waals surface area contributed by atoms with Gasteiger partial charge in [-0.15, -0.1) is 0 Å². The molecule has 0 aromatic heterocycles. The summed E-state index contributed by atoms with van der Waals surface area (Å²) in [6.45, 7) is 2.32. The zero-order valence-electron chi connectivity index (χ0n) is 15.0. The average molecular weight is 367 g/mol. The van der Waals surface area contributed by atoms with Crippen LogP contribution >= 0.6 is 0 Å². The predicted octanol–water partition coefficient (Wildman–Crippen LogP) is 2.24. The molecule has 1 saturated heterocycles. The van der Waals surface area contributed by atoms with Gasteiger partial charge in [0.1, 0.15) is 5.75 Å². The third kappa shape index (κ3) is 4.44. The Kier molecular flexibility index (Phi) is 5.40. The van der Waals surface area contributed by atoms with E-state index < -0.39 is 5.91 Å². The van der Waals surface area contributed by atoms with E-state index in [0.717, 1.165) is 24.2 Å². The normalized spacial score (nSPS) is 13.5. The fraction of sp³-hybridized carbons (Fsp3) is 0.250. The van der Waals surface area contributed by atoms with E-state index in [1.54, 1.807) is 47.4 Å². The van der Waals surface area contributed by atoms with Crippen LogP contribution in [0.15, 0.2) is 42.5 Å². The van der Waals surface area contributed by atoms with Crippen LogP contribution in [0.25, 0.3) is 0 Å². The van der Waals surface area contributed by atoms with E-state index in [1.807, 2.05) is 6.92 Å². The van der Waals surface area contributed by atoms with Crippen molar-refractivity contribution in [3.8, 4) is 5.75 Å². The van der Waals surface area contributed by atoms with Crippen molar-refractivity contribution in [3.63, 3.8) is 0 Å². The van der Waals surface area contributed by atoms with Gasteiger partial charge in [-0.1, -0.05) is 6.07 Å². The molecule has 27 heavy (non-hydrogen) atoms. The van der Waals surface area contributed by atoms with Crippen molar-refractivity contribution >= 4 is 29.1 Å². The molecular weight excluding hydrogens is 346 g/mol. The van der Waals surface area contributed by atoms with E-state index in [9.17, 15) is 14.4 Å². The molecule has 2 aromatic carbocycles. The van der Waals surface area contributed by atoms with E-state index in [2.05, 4.69) is 5.32 Å². The van der Waals surface area contributed by atoms with Crippen molar-refractivity contribution in [2.75, 3.05) is 23.4 Å². The molecule has 0 unspecified atom stereocenters. The highest BCUT2D eigenvalue weighted by Gasteiger charge is 2.21. The monoisotopic (exact) mass is 367 g/mol. The first-order valence-electron chi connectivity index (χ1n) is 8.67. The van der Waals surface area contributed by atoms with Crippen molar-refractivity contribution in [1.29, 1.82) is 0 Å². The number of rotatable bonds is 6. The van der Waals surface area contributed by atoms with Gasteiger partial charge in [-0.25, -0.2) is 0 Å². The Balaban J connectivity index is 1.59. The molecule has 0 radical (unpaired) electrons. The maximum atomic E-state index is 12.1. The number of amides is 3. The maximum absolute atomic E-state index is 12.1. The molecule has 7 heteroatoms. The fourth-order valence-electron chi connectivity index (χ4n) is 2.94. The molecule has 0 bridgehead atoms. The fourth-order valence-corrected chi connectivity index (χ4v) is 2.94. The van der Waals surface area contributed by atoms with Gasteiger partial charge in [0.15, 0.2) is 6.61 Å². The minimum Gasteiger partial charge on any atom is -0.483 e. The lowest BCUT2D eigenvalue weighted by molar-refractivity contribution is -0.118. The molecule has 7 nitrogen and oxygen atoms in total. The number of primary amides is 1. The largest absolute Gasteiger partial charge is 0.483 e. The number of hydrogen-bond donors (Lipinski definition) is 2. The number of ether oxygens (including phenoxy) is 1. The molecule has 1 fully saturated rings. The molecule has 0 atom stereocenters. The van der Waals surface area contributed by atoms with Crippen LogP contribution in [0.1, 0.15) is 28.8 Å². The zero-order valence-corrected chi connectivity index (χ0v) is 15.0. The zero-order chi connectivity index (χ0) is 19.4. The molecule has 3 N–H and O–H groups in total. The molecule has 3 rings (SSSR count). The Bertz CT molecular complexity index is 877. The summed E-state index contributed by atoms with van der Waals surface area (Å²) >= 11 is 0. The second kappa shape index (κ2) is 7.90. The molecule has 3 amide bonds. The lowest BCUT2D eigenvalue weighted by Gasteiger charge is -2.16.